The van der Waals surface area contributed by atoms with Crippen molar-refractivity contribution in [1.29, 1.82) is 0 Å². The van der Waals surface area contributed by atoms with Gasteiger partial charge in [-0.25, -0.2) is 17.9 Å². The first kappa shape index (κ1) is 9.66. The Hall–Kier alpha value is -1.89. The zero-order valence-electron chi connectivity index (χ0n) is 7.22. The minimum atomic E-state index is -3.87. The molecule has 0 radical (unpaired) electrons. The fourth-order valence-corrected chi connectivity index (χ4v) is 2.58. The first-order valence-corrected chi connectivity index (χ1v) is 5.35. The predicted octanol–water partition coefficient (Wildman–Crippen LogP) is -0.183. The molecule has 2 N–H and O–H groups in total. The number of amides is 1. The average molecular weight is 227 g/mol. The molecule has 0 saturated carbocycles. The lowest BCUT2D eigenvalue weighted by Crippen LogP contribution is -2.21. The Morgan fingerprint density at radius 3 is 2.60 bits per heavy atom. The molecule has 0 spiro atoms. The maximum atomic E-state index is 11.3. The Morgan fingerprint density at radius 1 is 1.33 bits per heavy atom. The molecular formula is C8H5NO5S. The van der Waals surface area contributed by atoms with Crippen LogP contribution in [0.5, 0.6) is 0 Å². The Labute approximate surface area is 84.6 Å². The van der Waals surface area contributed by atoms with Gasteiger partial charge in [0.2, 0.25) is 0 Å². The summed E-state index contributed by atoms with van der Waals surface area (Å²) in [6.45, 7) is 0. The maximum absolute atomic E-state index is 11.3. The van der Waals surface area contributed by atoms with Gasteiger partial charge in [-0.05, 0) is 12.1 Å². The van der Waals surface area contributed by atoms with Gasteiger partial charge in [-0.15, -0.1) is 0 Å². The van der Waals surface area contributed by atoms with Crippen molar-refractivity contribution >= 4 is 21.9 Å². The van der Waals surface area contributed by atoms with Crippen molar-refractivity contribution in [1.82, 2.24) is 4.72 Å². The van der Waals surface area contributed by atoms with Gasteiger partial charge in [-0.2, -0.15) is 0 Å². The smallest absolute Gasteiger partial charge is 0.336 e. The molecule has 0 bridgehead atoms. The molecule has 1 aromatic rings. The van der Waals surface area contributed by atoms with Gasteiger partial charge in [0.1, 0.15) is 4.90 Å². The van der Waals surface area contributed by atoms with Crippen molar-refractivity contribution in [3.05, 3.63) is 29.3 Å². The number of rotatable bonds is 1. The van der Waals surface area contributed by atoms with Crippen molar-refractivity contribution in [2.45, 2.75) is 4.90 Å². The Kier molecular flexibility index (Phi) is 1.80. The van der Waals surface area contributed by atoms with Crippen molar-refractivity contribution < 1.29 is 23.1 Å². The monoisotopic (exact) mass is 227 g/mol. The van der Waals surface area contributed by atoms with Crippen LogP contribution in [0, 0.1) is 0 Å². The van der Waals surface area contributed by atoms with Gasteiger partial charge in [-0.1, -0.05) is 6.07 Å². The summed E-state index contributed by atoms with van der Waals surface area (Å²) in [6.07, 6.45) is 0. The molecular weight excluding hydrogens is 222 g/mol. The molecule has 1 aromatic carbocycles. The molecule has 0 atom stereocenters. The zero-order valence-corrected chi connectivity index (χ0v) is 8.04. The standard InChI is InChI=1S/C8H5NO5S/c10-7-6-4(8(11)12)2-1-3-5(6)15(13,14)9-7/h1-3H,(H,9,10)(H,11,12). The van der Waals surface area contributed by atoms with Crippen LogP contribution in [0.2, 0.25) is 0 Å². The van der Waals surface area contributed by atoms with Gasteiger partial charge in [0.25, 0.3) is 15.9 Å². The number of sulfonamides is 1. The highest BCUT2D eigenvalue weighted by atomic mass is 32.2. The van der Waals surface area contributed by atoms with E-state index in [0.717, 1.165) is 0 Å². The number of hydrogen-bond acceptors (Lipinski definition) is 4. The van der Waals surface area contributed by atoms with E-state index in [1.165, 1.54) is 18.2 Å². The highest BCUT2D eigenvalue weighted by Gasteiger charge is 2.35. The topological polar surface area (TPSA) is 101 Å². The van der Waals surface area contributed by atoms with Crippen molar-refractivity contribution in [2.24, 2.45) is 0 Å². The number of carbonyl (C=O) groups is 2. The molecule has 1 aliphatic heterocycles. The molecule has 7 heteroatoms. The average Bonchev–Trinajstić information content (AvgIpc) is 2.37. The fraction of sp³-hybridized carbons (Fsp3) is 0. The number of nitrogens with one attached hydrogen (secondary N) is 1. The molecule has 1 heterocycles. The summed E-state index contributed by atoms with van der Waals surface area (Å²) in [5.41, 5.74) is -0.615. The van der Waals surface area contributed by atoms with Crippen molar-refractivity contribution in [3.63, 3.8) is 0 Å². The third-order valence-corrected chi connectivity index (χ3v) is 3.37. The molecule has 0 aromatic heterocycles. The van der Waals surface area contributed by atoms with Crippen LogP contribution in [0.1, 0.15) is 20.7 Å². The summed E-state index contributed by atoms with van der Waals surface area (Å²) in [5, 5.41) is 8.76. The molecule has 6 nitrogen and oxygen atoms in total. The molecule has 1 aliphatic rings. The SMILES string of the molecule is O=C(O)c1cccc2c1C(=O)NS2(=O)=O. The summed E-state index contributed by atoms with van der Waals surface area (Å²) < 4.78 is 24.4. The van der Waals surface area contributed by atoms with Crippen LogP contribution >= 0.6 is 0 Å². The van der Waals surface area contributed by atoms with E-state index < -0.39 is 21.9 Å². The molecule has 0 fully saturated rings. The number of carboxylic acid groups (broad SMARTS) is 1. The van der Waals surface area contributed by atoms with Crippen LogP contribution in [0.15, 0.2) is 23.1 Å². The van der Waals surface area contributed by atoms with Gasteiger partial charge in [0.15, 0.2) is 0 Å². The molecule has 1 amide bonds. The van der Waals surface area contributed by atoms with Crippen LogP contribution in [0.25, 0.3) is 0 Å². The van der Waals surface area contributed by atoms with Crippen LogP contribution in [0.3, 0.4) is 0 Å². The second-order valence-electron chi connectivity index (χ2n) is 2.92. The molecule has 15 heavy (non-hydrogen) atoms. The summed E-state index contributed by atoms with van der Waals surface area (Å²) >= 11 is 0. The zero-order chi connectivity index (χ0) is 11.2. The van der Waals surface area contributed by atoms with E-state index in [-0.39, 0.29) is 16.0 Å². The van der Waals surface area contributed by atoms with Gasteiger partial charge in [0, 0.05) is 0 Å². The third-order valence-electron chi connectivity index (χ3n) is 2.00. The molecule has 78 valence electrons. The van der Waals surface area contributed by atoms with Crippen LogP contribution in [0.4, 0.5) is 0 Å². The van der Waals surface area contributed by atoms with Crippen LogP contribution < -0.4 is 4.72 Å². The summed E-state index contributed by atoms with van der Waals surface area (Å²) in [6, 6.07) is 3.65. The van der Waals surface area contributed by atoms with E-state index in [4.69, 9.17) is 5.11 Å². The summed E-state index contributed by atoms with van der Waals surface area (Å²) in [4.78, 5) is 21.7. The fourth-order valence-electron chi connectivity index (χ4n) is 1.40. The Balaban J connectivity index is 2.85. The lowest BCUT2D eigenvalue weighted by molar-refractivity contribution is 0.0691. The minimum absolute atomic E-state index is 0.285. The molecule has 0 saturated heterocycles. The van der Waals surface area contributed by atoms with Gasteiger partial charge in [0.05, 0.1) is 11.1 Å². The van der Waals surface area contributed by atoms with Gasteiger partial charge < -0.3 is 5.11 Å². The molecule has 0 aliphatic carbocycles. The number of aromatic carboxylic acids is 1. The number of carbonyl (C=O) groups excluding carboxylic acids is 1. The number of hydrogen-bond donors (Lipinski definition) is 2. The third kappa shape index (κ3) is 1.28. The van der Waals surface area contributed by atoms with E-state index >= 15 is 0 Å². The number of benzene rings is 1. The lowest BCUT2D eigenvalue weighted by Gasteiger charge is -1.98. The Bertz CT molecular complexity index is 575. The minimum Gasteiger partial charge on any atom is -0.478 e. The molecule has 0 unspecified atom stereocenters. The number of carboxylic acids is 1. The predicted molar refractivity (Wildman–Crippen MR) is 48.1 cm³/mol. The normalized spacial score (nSPS) is 16.9. The van der Waals surface area contributed by atoms with E-state index in [1.807, 2.05) is 0 Å². The first-order valence-electron chi connectivity index (χ1n) is 3.87. The largest absolute Gasteiger partial charge is 0.478 e. The highest BCUT2D eigenvalue weighted by molar-refractivity contribution is 7.90. The first-order chi connectivity index (χ1) is 6.93. The quantitative estimate of drug-likeness (QED) is 0.692. The highest BCUT2D eigenvalue weighted by Crippen LogP contribution is 2.25. The number of fused-ring (bicyclic) bond motifs is 1. The van der Waals surface area contributed by atoms with Crippen LogP contribution in [-0.4, -0.2) is 25.4 Å². The van der Waals surface area contributed by atoms with Crippen molar-refractivity contribution in [3.8, 4) is 0 Å². The van der Waals surface area contributed by atoms with E-state index in [0.29, 0.717) is 0 Å². The Morgan fingerprint density at radius 2 is 2.00 bits per heavy atom. The van der Waals surface area contributed by atoms with E-state index in [9.17, 15) is 18.0 Å². The summed E-state index contributed by atoms with van der Waals surface area (Å²) in [7, 11) is -3.87. The maximum Gasteiger partial charge on any atom is 0.336 e. The summed E-state index contributed by atoms with van der Waals surface area (Å²) in [5.74, 6) is -2.23. The molecule has 2 rings (SSSR count). The van der Waals surface area contributed by atoms with E-state index in [1.54, 1.807) is 4.72 Å². The second-order valence-corrected chi connectivity index (χ2v) is 4.57. The van der Waals surface area contributed by atoms with Gasteiger partial charge >= 0.3 is 5.97 Å². The lowest BCUT2D eigenvalue weighted by atomic mass is 10.1. The van der Waals surface area contributed by atoms with Crippen LogP contribution in [-0.2, 0) is 10.0 Å². The van der Waals surface area contributed by atoms with E-state index in [2.05, 4.69) is 0 Å². The second kappa shape index (κ2) is 2.80. The van der Waals surface area contributed by atoms with Gasteiger partial charge in [-0.3, -0.25) is 4.79 Å². The van der Waals surface area contributed by atoms with Crippen molar-refractivity contribution in [2.75, 3.05) is 0 Å².